The number of thioether (sulfide) groups is 1. The molecule has 1 amide bonds. The minimum atomic E-state index is -0.235. The van der Waals surface area contributed by atoms with Crippen LogP contribution in [0.25, 0.3) is 22.1 Å². The topological polar surface area (TPSA) is 74.8 Å². The molecule has 1 fully saturated rings. The Morgan fingerprint density at radius 3 is 2.73 bits per heavy atom. The number of aromatic amines is 1. The van der Waals surface area contributed by atoms with Crippen LogP contribution >= 0.6 is 11.8 Å². The summed E-state index contributed by atoms with van der Waals surface area (Å²) in [6, 6.07) is 8.54. The molecule has 1 aliphatic rings. The van der Waals surface area contributed by atoms with Crippen LogP contribution in [0, 0.1) is 0 Å². The van der Waals surface area contributed by atoms with E-state index in [2.05, 4.69) is 34.0 Å². The predicted molar refractivity (Wildman–Crippen MR) is 104 cm³/mol. The highest BCUT2D eigenvalue weighted by atomic mass is 32.2. The second kappa shape index (κ2) is 6.87. The highest BCUT2D eigenvalue weighted by Gasteiger charge is 2.32. The number of piperidine rings is 1. The summed E-state index contributed by atoms with van der Waals surface area (Å²) in [5, 5.41) is 9.89. The van der Waals surface area contributed by atoms with E-state index in [4.69, 9.17) is 0 Å². The lowest BCUT2D eigenvalue weighted by Crippen LogP contribution is -2.50. The zero-order chi connectivity index (χ0) is 18.3. The van der Waals surface area contributed by atoms with Crippen LogP contribution in [0.5, 0.6) is 0 Å². The van der Waals surface area contributed by atoms with E-state index in [1.54, 1.807) is 0 Å². The summed E-state index contributed by atoms with van der Waals surface area (Å²) < 4.78 is 0. The van der Waals surface area contributed by atoms with Crippen LogP contribution in [-0.4, -0.2) is 48.3 Å². The van der Waals surface area contributed by atoms with Crippen LogP contribution in [0.15, 0.2) is 29.4 Å². The summed E-state index contributed by atoms with van der Waals surface area (Å²) in [6.45, 7) is 6.21. The van der Waals surface area contributed by atoms with E-state index < -0.39 is 0 Å². The summed E-state index contributed by atoms with van der Waals surface area (Å²) >= 11 is 1.38. The van der Waals surface area contributed by atoms with Crippen LogP contribution in [0.2, 0.25) is 0 Å². The number of hydrogen-bond donors (Lipinski definition) is 1. The number of carbonyl (C=O) groups is 1. The van der Waals surface area contributed by atoms with Gasteiger partial charge in [0.25, 0.3) is 0 Å². The standard InChI is InChI=1S/C19H23N5OS/c1-11-7-6-8-12(2)24(11)18(25)13(3)26-19-21-17-16(22-23-19)14-9-4-5-10-15(14)20-17/h4-5,9-13H,6-8H2,1-3H3,(H,20,21,23)/t11-,12+,13-/m0/s1. The molecule has 7 heteroatoms. The molecule has 3 heterocycles. The van der Waals surface area contributed by atoms with Gasteiger partial charge in [-0.15, -0.1) is 10.2 Å². The number of aromatic nitrogens is 4. The quantitative estimate of drug-likeness (QED) is 0.711. The Balaban J connectivity index is 1.56. The first-order valence-electron chi connectivity index (χ1n) is 9.14. The second-order valence-electron chi connectivity index (χ2n) is 7.10. The molecule has 3 atom stereocenters. The van der Waals surface area contributed by atoms with E-state index in [-0.39, 0.29) is 11.2 Å². The average Bonchev–Trinajstić information content (AvgIpc) is 2.99. The van der Waals surface area contributed by atoms with Gasteiger partial charge in [0.1, 0.15) is 5.52 Å². The molecule has 2 aromatic heterocycles. The lowest BCUT2D eigenvalue weighted by atomic mass is 9.97. The molecule has 1 aliphatic heterocycles. The fourth-order valence-corrected chi connectivity index (χ4v) is 4.60. The third-order valence-electron chi connectivity index (χ3n) is 5.18. The number of fused-ring (bicyclic) bond motifs is 3. The van der Waals surface area contributed by atoms with Crippen LogP contribution in [-0.2, 0) is 4.79 Å². The number of H-pyrrole nitrogens is 1. The lowest BCUT2D eigenvalue weighted by molar-refractivity contribution is -0.136. The fraction of sp³-hybridized carbons (Fsp3) is 0.474. The third-order valence-corrected chi connectivity index (χ3v) is 6.12. The molecule has 3 aromatic rings. The molecule has 1 saturated heterocycles. The van der Waals surface area contributed by atoms with Crippen molar-refractivity contribution in [2.75, 3.05) is 0 Å². The Labute approximate surface area is 156 Å². The number of hydrogen-bond acceptors (Lipinski definition) is 5. The zero-order valence-corrected chi connectivity index (χ0v) is 16.1. The van der Waals surface area contributed by atoms with Gasteiger partial charge in [-0.2, -0.15) is 0 Å². The number of amides is 1. The molecule has 0 spiro atoms. The van der Waals surface area contributed by atoms with E-state index in [0.717, 1.165) is 29.3 Å². The van der Waals surface area contributed by atoms with Crippen LogP contribution in [0.1, 0.15) is 40.0 Å². The first kappa shape index (κ1) is 17.3. The normalized spacial score (nSPS) is 22.0. The predicted octanol–water partition coefficient (Wildman–Crippen LogP) is 3.78. The van der Waals surface area contributed by atoms with Crippen molar-refractivity contribution in [2.45, 2.75) is 62.5 Å². The number of para-hydroxylation sites is 1. The van der Waals surface area contributed by atoms with Gasteiger partial charge in [0.15, 0.2) is 5.65 Å². The van der Waals surface area contributed by atoms with Crippen molar-refractivity contribution in [3.05, 3.63) is 24.3 Å². The summed E-state index contributed by atoms with van der Waals surface area (Å²) in [6.07, 6.45) is 3.34. The molecule has 136 valence electrons. The van der Waals surface area contributed by atoms with Gasteiger partial charge in [0.2, 0.25) is 11.1 Å². The van der Waals surface area contributed by atoms with Crippen molar-refractivity contribution in [2.24, 2.45) is 0 Å². The van der Waals surface area contributed by atoms with Crippen LogP contribution < -0.4 is 0 Å². The highest BCUT2D eigenvalue weighted by Crippen LogP contribution is 2.29. The van der Waals surface area contributed by atoms with Gasteiger partial charge in [-0.3, -0.25) is 4.79 Å². The van der Waals surface area contributed by atoms with Gasteiger partial charge < -0.3 is 9.88 Å². The highest BCUT2D eigenvalue weighted by molar-refractivity contribution is 8.00. The fourth-order valence-electron chi connectivity index (χ4n) is 3.83. The van der Waals surface area contributed by atoms with Gasteiger partial charge in [0.05, 0.1) is 5.25 Å². The number of nitrogens with one attached hydrogen (secondary N) is 1. The minimum Gasteiger partial charge on any atom is -0.338 e. The first-order valence-corrected chi connectivity index (χ1v) is 10.0. The molecule has 4 rings (SSSR count). The van der Waals surface area contributed by atoms with E-state index >= 15 is 0 Å². The van der Waals surface area contributed by atoms with Gasteiger partial charge in [-0.25, -0.2) is 4.98 Å². The molecule has 0 aliphatic carbocycles. The maximum atomic E-state index is 12.9. The van der Waals surface area contributed by atoms with Crippen molar-refractivity contribution < 1.29 is 4.79 Å². The molecule has 1 aromatic carbocycles. The van der Waals surface area contributed by atoms with Crippen LogP contribution in [0.3, 0.4) is 0 Å². The summed E-state index contributed by atoms with van der Waals surface area (Å²) in [5.41, 5.74) is 2.47. The van der Waals surface area contributed by atoms with Crippen molar-refractivity contribution in [1.82, 2.24) is 25.1 Å². The number of likely N-dealkylation sites (tertiary alicyclic amines) is 1. The van der Waals surface area contributed by atoms with Crippen molar-refractivity contribution in [3.63, 3.8) is 0 Å². The van der Waals surface area contributed by atoms with Crippen molar-refractivity contribution in [1.29, 1.82) is 0 Å². The number of rotatable bonds is 3. The molecular formula is C19H23N5OS. The maximum Gasteiger partial charge on any atom is 0.236 e. The monoisotopic (exact) mass is 369 g/mol. The van der Waals surface area contributed by atoms with Gasteiger partial charge >= 0.3 is 0 Å². The molecule has 0 unspecified atom stereocenters. The Bertz CT molecular complexity index is 945. The van der Waals surface area contributed by atoms with Gasteiger partial charge in [-0.1, -0.05) is 30.0 Å². The Kier molecular flexibility index (Phi) is 4.56. The van der Waals surface area contributed by atoms with Gasteiger partial charge in [0, 0.05) is 23.0 Å². The summed E-state index contributed by atoms with van der Waals surface area (Å²) in [5.74, 6) is 0.162. The van der Waals surface area contributed by atoms with E-state index in [9.17, 15) is 4.79 Å². The minimum absolute atomic E-state index is 0.162. The Hall–Kier alpha value is -2.15. The molecule has 1 N–H and O–H groups in total. The molecule has 26 heavy (non-hydrogen) atoms. The van der Waals surface area contributed by atoms with Crippen molar-refractivity contribution >= 4 is 39.7 Å². The van der Waals surface area contributed by atoms with E-state index in [1.807, 2.05) is 36.1 Å². The van der Waals surface area contributed by atoms with E-state index in [1.165, 1.54) is 18.2 Å². The molecule has 0 radical (unpaired) electrons. The average molecular weight is 369 g/mol. The molecular weight excluding hydrogens is 346 g/mol. The Morgan fingerprint density at radius 2 is 1.96 bits per heavy atom. The summed E-state index contributed by atoms with van der Waals surface area (Å²) in [7, 11) is 0. The number of carbonyl (C=O) groups excluding carboxylic acids is 1. The first-order chi connectivity index (χ1) is 12.5. The van der Waals surface area contributed by atoms with Gasteiger partial charge in [-0.05, 0) is 46.1 Å². The molecule has 6 nitrogen and oxygen atoms in total. The molecule has 0 bridgehead atoms. The molecule has 0 saturated carbocycles. The number of nitrogens with zero attached hydrogens (tertiary/aromatic N) is 4. The second-order valence-corrected chi connectivity index (χ2v) is 8.40. The maximum absolute atomic E-state index is 12.9. The third kappa shape index (κ3) is 3.05. The lowest BCUT2D eigenvalue weighted by Gasteiger charge is -2.40. The van der Waals surface area contributed by atoms with Crippen molar-refractivity contribution in [3.8, 4) is 0 Å². The zero-order valence-electron chi connectivity index (χ0n) is 15.3. The smallest absolute Gasteiger partial charge is 0.236 e. The number of benzene rings is 1. The summed E-state index contributed by atoms with van der Waals surface area (Å²) in [4.78, 5) is 22.8. The largest absolute Gasteiger partial charge is 0.338 e. The Morgan fingerprint density at radius 1 is 1.23 bits per heavy atom. The van der Waals surface area contributed by atoms with E-state index in [0.29, 0.717) is 22.9 Å². The van der Waals surface area contributed by atoms with Crippen LogP contribution in [0.4, 0.5) is 0 Å². The SMILES string of the molecule is C[C@H](Sc1nnc2c(n1)[nH]c1ccccc12)C(=O)N1[C@H](C)CCC[C@@H]1C.